The predicted molar refractivity (Wildman–Crippen MR) is 77.7 cm³/mol. The molecule has 1 unspecified atom stereocenters. The fraction of sp³-hybridized carbons (Fsp3) is 0.308. The van der Waals surface area contributed by atoms with Crippen molar-refractivity contribution in [3.8, 4) is 0 Å². The Kier molecular flexibility index (Phi) is 4.17. The minimum absolute atomic E-state index is 0.0395. The van der Waals surface area contributed by atoms with E-state index in [1.807, 2.05) is 23.0 Å². The lowest BCUT2D eigenvalue weighted by Crippen LogP contribution is -2.14. The highest BCUT2D eigenvalue weighted by atomic mass is 127. The third-order valence-corrected chi connectivity index (χ3v) is 3.75. The first-order chi connectivity index (χ1) is 8.20. The molecule has 1 atom stereocenters. The van der Waals surface area contributed by atoms with Gasteiger partial charge in [0.1, 0.15) is 0 Å². The summed E-state index contributed by atoms with van der Waals surface area (Å²) in [4.78, 5) is 0. The molecule has 0 aliphatic carbocycles. The standard InChI is InChI=1S/C13H16IN3/c1-2-17-9-10(8-16-17)7-13(15)11-5-3-4-6-12(11)14/h3-6,8-9,13H,2,7,15H2,1H3. The second-order valence-corrected chi connectivity index (χ2v) is 5.20. The monoisotopic (exact) mass is 341 g/mol. The van der Waals surface area contributed by atoms with E-state index in [4.69, 9.17) is 5.73 Å². The van der Waals surface area contributed by atoms with Crippen molar-refractivity contribution in [2.45, 2.75) is 25.9 Å². The van der Waals surface area contributed by atoms with Crippen molar-refractivity contribution in [2.24, 2.45) is 5.73 Å². The van der Waals surface area contributed by atoms with Crippen molar-refractivity contribution in [2.75, 3.05) is 0 Å². The van der Waals surface area contributed by atoms with Gasteiger partial charge in [0, 0.05) is 22.4 Å². The Balaban J connectivity index is 2.11. The van der Waals surface area contributed by atoms with Crippen LogP contribution in [0.5, 0.6) is 0 Å². The van der Waals surface area contributed by atoms with Gasteiger partial charge in [0.2, 0.25) is 0 Å². The van der Waals surface area contributed by atoms with Crippen LogP contribution in [0.4, 0.5) is 0 Å². The summed E-state index contributed by atoms with van der Waals surface area (Å²) in [5, 5.41) is 4.26. The second kappa shape index (κ2) is 5.64. The molecule has 17 heavy (non-hydrogen) atoms. The first kappa shape index (κ1) is 12.6. The highest BCUT2D eigenvalue weighted by Gasteiger charge is 2.11. The molecule has 0 saturated carbocycles. The Hall–Kier alpha value is -0.880. The van der Waals surface area contributed by atoms with Crippen molar-refractivity contribution in [3.63, 3.8) is 0 Å². The second-order valence-electron chi connectivity index (χ2n) is 4.04. The molecule has 2 aromatic rings. The van der Waals surface area contributed by atoms with Crippen LogP contribution in [0.1, 0.15) is 24.1 Å². The molecule has 4 heteroatoms. The molecule has 3 nitrogen and oxygen atoms in total. The fourth-order valence-corrected chi connectivity index (χ4v) is 2.61. The number of aryl methyl sites for hydroxylation is 1. The van der Waals surface area contributed by atoms with Crippen LogP contribution in [0.2, 0.25) is 0 Å². The minimum atomic E-state index is 0.0395. The Labute approximate surface area is 115 Å². The van der Waals surface area contributed by atoms with E-state index in [0.29, 0.717) is 0 Å². The Morgan fingerprint density at radius 2 is 2.18 bits per heavy atom. The van der Waals surface area contributed by atoms with E-state index in [2.05, 4.69) is 52.9 Å². The maximum Gasteiger partial charge on any atom is 0.0522 e. The average Bonchev–Trinajstić information content (AvgIpc) is 2.77. The summed E-state index contributed by atoms with van der Waals surface area (Å²) in [6.45, 7) is 2.98. The third kappa shape index (κ3) is 3.07. The topological polar surface area (TPSA) is 43.8 Å². The summed E-state index contributed by atoms with van der Waals surface area (Å²) in [5.41, 5.74) is 8.64. The van der Waals surface area contributed by atoms with Crippen molar-refractivity contribution in [1.82, 2.24) is 9.78 Å². The number of halogens is 1. The van der Waals surface area contributed by atoms with Gasteiger partial charge in [-0.05, 0) is 53.1 Å². The van der Waals surface area contributed by atoms with Gasteiger partial charge in [0.15, 0.2) is 0 Å². The SMILES string of the molecule is CCn1cc(CC(N)c2ccccc2I)cn1. The van der Waals surface area contributed by atoms with Gasteiger partial charge in [-0.1, -0.05) is 18.2 Å². The molecule has 0 fully saturated rings. The minimum Gasteiger partial charge on any atom is -0.324 e. The van der Waals surface area contributed by atoms with Crippen LogP contribution in [-0.2, 0) is 13.0 Å². The number of rotatable bonds is 4. The largest absolute Gasteiger partial charge is 0.324 e. The summed E-state index contributed by atoms with van der Waals surface area (Å²) in [6, 6.07) is 8.29. The van der Waals surface area contributed by atoms with E-state index in [1.165, 1.54) is 14.7 Å². The van der Waals surface area contributed by atoms with Crippen LogP contribution in [0.3, 0.4) is 0 Å². The van der Waals surface area contributed by atoms with Gasteiger partial charge >= 0.3 is 0 Å². The van der Waals surface area contributed by atoms with E-state index in [9.17, 15) is 0 Å². The zero-order chi connectivity index (χ0) is 12.3. The maximum atomic E-state index is 6.24. The lowest BCUT2D eigenvalue weighted by atomic mass is 10.0. The maximum absolute atomic E-state index is 6.24. The van der Waals surface area contributed by atoms with E-state index in [0.717, 1.165) is 13.0 Å². The molecule has 0 aliphatic rings. The average molecular weight is 341 g/mol. The molecule has 1 aromatic carbocycles. The molecular weight excluding hydrogens is 325 g/mol. The Morgan fingerprint density at radius 3 is 2.82 bits per heavy atom. The van der Waals surface area contributed by atoms with E-state index < -0.39 is 0 Å². The van der Waals surface area contributed by atoms with E-state index in [-0.39, 0.29) is 6.04 Å². The lowest BCUT2D eigenvalue weighted by Gasteiger charge is -2.12. The molecule has 2 rings (SSSR count). The van der Waals surface area contributed by atoms with Gasteiger partial charge in [-0.2, -0.15) is 5.10 Å². The van der Waals surface area contributed by atoms with E-state index >= 15 is 0 Å². The van der Waals surface area contributed by atoms with Crippen molar-refractivity contribution in [3.05, 3.63) is 51.4 Å². The summed E-state index contributed by atoms with van der Waals surface area (Å²) in [7, 11) is 0. The Bertz CT molecular complexity index is 493. The molecule has 2 N–H and O–H groups in total. The molecular formula is C13H16IN3. The normalized spacial score (nSPS) is 12.6. The van der Waals surface area contributed by atoms with Gasteiger partial charge in [0.05, 0.1) is 6.20 Å². The molecule has 0 spiro atoms. The van der Waals surface area contributed by atoms with Gasteiger partial charge in [-0.15, -0.1) is 0 Å². The summed E-state index contributed by atoms with van der Waals surface area (Å²) >= 11 is 2.33. The summed E-state index contributed by atoms with van der Waals surface area (Å²) < 4.78 is 3.15. The number of benzene rings is 1. The molecule has 1 heterocycles. The van der Waals surface area contributed by atoms with Crippen LogP contribution in [0, 0.1) is 3.57 Å². The van der Waals surface area contributed by atoms with Crippen molar-refractivity contribution >= 4 is 22.6 Å². The van der Waals surface area contributed by atoms with Crippen molar-refractivity contribution < 1.29 is 0 Å². The summed E-state index contributed by atoms with van der Waals surface area (Å²) in [6.07, 6.45) is 4.80. The molecule has 0 amide bonds. The van der Waals surface area contributed by atoms with Crippen LogP contribution >= 0.6 is 22.6 Å². The number of nitrogens with two attached hydrogens (primary N) is 1. The number of hydrogen-bond acceptors (Lipinski definition) is 2. The quantitative estimate of drug-likeness (QED) is 0.869. The predicted octanol–water partition coefficient (Wildman–Crippen LogP) is 2.75. The van der Waals surface area contributed by atoms with Gasteiger partial charge in [-0.25, -0.2) is 0 Å². The van der Waals surface area contributed by atoms with Gasteiger partial charge < -0.3 is 5.73 Å². The lowest BCUT2D eigenvalue weighted by molar-refractivity contribution is 0.657. The molecule has 0 aliphatic heterocycles. The van der Waals surface area contributed by atoms with Crippen LogP contribution < -0.4 is 5.73 Å². The van der Waals surface area contributed by atoms with Gasteiger partial charge in [-0.3, -0.25) is 4.68 Å². The highest BCUT2D eigenvalue weighted by Crippen LogP contribution is 2.21. The smallest absolute Gasteiger partial charge is 0.0522 e. The first-order valence-corrected chi connectivity index (χ1v) is 6.80. The summed E-state index contributed by atoms with van der Waals surface area (Å²) in [5.74, 6) is 0. The fourth-order valence-electron chi connectivity index (χ4n) is 1.82. The molecule has 0 radical (unpaired) electrons. The molecule has 0 saturated heterocycles. The Morgan fingerprint density at radius 1 is 1.41 bits per heavy atom. The zero-order valence-electron chi connectivity index (χ0n) is 9.81. The van der Waals surface area contributed by atoms with E-state index in [1.54, 1.807) is 0 Å². The molecule has 1 aromatic heterocycles. The number of hydrogen-bond donors (Lipinski definition) is 1. The van der Waals surface area contributed by atoms with Crippen LogP contribution in [0.25, 0.3) is 0 Å². The zero-order valence-corrected chi connectivity index (χ0v) is 12.0. The highest BCUT2D eigenvalue weighted by molar-refractivity contribution is 14.1. The van der Waals surface area contributed by atoms with Gasteiger partial charge in [0.25, 0.3) is 0 Å². The number of aromatic nitrogens is 2. The number of nitrogens with zero attached hydrogens (tertiary/aromatic N) is 2. The molecule has 0 bridgehead atoms. The van der Waals surface area contributed by atoms with Crippen LogP contribution in [0.15, 0.2) is 36.7 Å². The van der Waals surface area contributed by atoms with Crippen LogP contribution in [-0.4, -0.2) is 9.78 Å². The van der Waals surface area contributed by atoms with Crippen molar-refractivity contribution in [1.29, 1.82) is 0 Å². The first-order valence-electron chi connectivity index (χ1n) is 5.72. The third-order valence-electron chi connectivity index (χ3n) is 2.77. The molecule has 90 valence electrons.